The Morgan fingerprint density at radius 3 is 2.35 bits per heavy atom. The predicted molar refractivity (Wildman–Crippen MR) is 91.5 cm³/mol. The Morgan fingerprint density at radius 1 is 1.04 bits per heavy atom. The van der Waals surface area contributed by atoms with Crippen molar-refractivity contribution in [3.05, 3.63) is 29.8 Å². The number of unbranched alkanes of at least 4 members (excludes halogenated alkanes) is 3. The SMILES string of the molecule is Cc1ccc(S(=O)(=O)NCCNC(=O)CCCCCCN)cc1. The molecule has 23 heavy (non-hydrogen) atoms. The van der Waals surface area contributed by atoms with Gasteiger partial charge in [-0.1, -0.05) is 30.5 Å². The minimum Gasteiger partial charge on any atom is -0.355 e. The third-order valence-electron chi connectivity index (χ3n) is 3.43. The fourth-order valence-electron chi connectivity index (χ4n) is 2.06. The molecule has 0 aliphatic rings. The second kappa shape index (κ2) is 10.4. The highest BCUT2D eigenvalue weighted by Crippen LogP contribution is 2.09. The third kappa shape index (κ3) is 8.11. The number of aryl methyl sites for hydroxylation is 1. The van der Waals surface area contributed by atoms with Gasteiger partial charge < -0.3 is 11.1 Å². The Hall–Kier alpha value is -1.44. The van der Waals surface area contributed by atoms with E-state index in [4.69, 9.17) is 5.73 Å². The molecule has 0 aliphatic heterocycles. The smallest absolute Gasteiger partial charge is 0.240 e. The normalized spacial score (nSPS) is 11.4. The number of hydrogen-bond donors (Lipinski definition) is 3. The van der Waals surface area contributed by atoms with Crippen molar-refractivity contribution in [2.45, 2.75) is 43.9 Å². The molecule has 0 unspecified atom stereocenters. The number of carbonyl (C=O) groups is 1. The maximum Gasteiger partial charge on any atom is 0.240 e. The number of amides is 1. The molecule has 0 fully saturated rings. The average molecular weight is 341 g/mol. The molecule has 0 spiro atoms. The van der Waals surface area contributed by atoms with E-state index in [9.17, 15) is 13.2 Å². The fraction of sp³-hybridized carbons (Fsp3) is 0.562. The first-order chi connectivity index (χ1) is 11.0. The van der Waals surface area contributed by atoms with Gasteiger partial charge in [0.2, 0.25) is 15.9 Å². The number of hydrogen-bond acceptors (Lipinski definition) is 4. The van der Waals surface area contributed by atoms with Gasteiger partial charge in [-0.05, 0) is 38.4 Å². The van der Waals surface area contributed by atoms with Gasteiger partial charge in [-0.25, -0.2) is 13.1 Å². The van der Waals surface area contributed by atoms with Crippen molar-refractivity contribution in [2.24, 2.45) is 5.73 Å². The van der Waals surface area contributed by atoms with E-state index in [1.165, 1.54) is 0 Å². The second-order valence-electron chi connectivity index (χ2n) is 5.51. The van der Waals surface area contributed by atoms with Gasteiger partial charge in [0.05, 0.1) is 4.90 Å². The van der Waals surface area contributed by atoms with E-state index in [2.05, 4.69) is 10.0 Å². The van der Waals surface area contributed by atoms with E-state index >= 15 is 0 Å². The van der Waals surface area contributed by atoms with Crippen LogP contribution >= 0.6 is 0 Å². The molecule has 0 atom stereocenters. The summed E-state index contributed by atoms with van der Waals surface area (Å²) in [4.78, 5) is 11.8. The Balaban J connectivity index is 2.21. The molecule has 0 radical (unpaired) electrons. The van der Waals surface area contributed by atoms with Gasteiger partial charge in [-0.15, -0.1) is 0 Å². The van der Waals surface area contributed by atoms with E-state index in [0.29, 0.717) is 13.0 Å². The van der Waals surface area contributed by atoms with Crippen molar-refractivity contribution in [3.8, 4) is 0 Å². The Bertz CT molecular complexity index is 571. The summed E-state index contributed by atoms with van der Waals surface area (Å²) >= 11 is 0. The molecule has 7 heteroatoms. The highest BCUT2D eigenvalue weighted by Gasteiger charge is 2.12. The van der Waals surface area contributed by atoms with Crippen LogP contribution in [0.2, 0.25) is 0 Å². The first-order valence-electron chi connectivity index (χ1n) is 7.99. The number of nitrogens with two attached hydrogens (primary N) is 1. The highest BCUT2D eigenvalue weighted by molar-refractivity contribution is 7.89. The van der Waals surface area contributed by atoms with Crippen LogP contribution < -0.4 is 15.8 Å². The Morgan fingerprint density at radius 2 is 1.70 bits per heavy atom. The van der Waals surface area contributed by atoms with Crippen molar-refractivity contribution in [1.82, 2.24) is 10.0 Å². The molecule has 0 aliphatic carbocycles. The zero-order valence-electron chi connectivity index (χ0n) is 13.7. The van der Waals surface area contributed by atoms with Gasteiger partial charge in [-0.2, -0.15) is 0 Å². The molecule has 0 aromatic heterocycles. The van der Waals surface area contributed by atoms with Gasteiger partial charge in [-0.3, -0.25) is 4.79 Å². The number of nitrogens with one attached hydrogen (secondary N) is 2. The first-order valence-corrected chi connectivity index (χ1v) is 9.47. The summed E-state index contributed by atoms with van der Waals surface area (Å²) in [5, 5.41) is 2.72. The second-order valence-corrected chi connectivity index (χ2v) is 7.28. The highest BCUT2D eigenvalue weighted by atomic mass is 32.2. The molecule has 6 nitrogen and oxygen atoms in total. The summed E-state index contributed by atoms with van der Waals surface area (Å²) in [6.07, 6.45) is 4.32. The lowest BCUT2D eigenvalue weighted by molar-refractivity contribution is -0.121. The van der Waals surface area contributed by atoms with Crippen molar-refractivity contribution < 1.29 is 13.2 Å². The summed E-state index contributed by atoms with van der Waals surface area (Å²) in [7, 11) is -3.52. The summed E-state index contributed by atoms with van der Waals surface area (Å²) in [6.45, 7) is 3.05. The fourth-order valence-corrected chi connectivity index (χ4v) is 3.09. The van der Waals surface area contributed by atoms with E-state index in [-0.39, 0.29) is 23.9 Å². The van der Waals surface area contributed by atoms with Crippen LogP contribution in [0.15, 0.2) is 29.2 Å². The summed E-state index contributed by atoms with van der Waals surface area (Å²) in [6, 6.07) is 6.64. The summed E-state index contributed by atoms with van der Waals surface area (Å²) in [5.74, 6) is -0.0488. The topological polar surface area (TPSA) is 101 Å². The molecule has 1 amide bonds. The molecule has 1 aromatic rings. The van der Waals surface area contributed by atoms with Crippen molar-refractivity contribution in [2.75, 3.05) is 19.6 Å². The molecular weight excluding hydrogens is 314 g/mol. The Kier molecular flexibility index (Phi) is 8.83. The average Bonchev–Trinajstić information content (AvgIpc) is 2.52. The van der Waals surface area contributed by atoms with Crippen LogP contribution in [0.25, 0.3) is 0 Å². The van der Waals surface area contributed by atoms with E-state index in [1.807, 2.05) is 6.92 Å². The molecule has 130 valence electrons. The van der Waals surface area contributed by atoms with Gasteiger partial charge in [0.15, 0.2) is 0 Å². The minimum absolute atomic E-state index is 0.0488. The molecule has 0 saturated heterocycles. The van der Waals surface area contributed by atoms with E-state index < -0.39 is 10.0 Å². The van der Waals surface area contributed by atoms with Gasteiger partial charge in [0.1, 0.15) is 0 Å². The van der Waals surface area contributed by atoms with Gasteiger partial charge >= 0.3 is 0 Å². The number of sulfonamides is 1. The van der Waals surface area contributed by atoms with Crippen molar-refractivity contribution >= 4 is 15.9 Å². The molecule has 4 N–H and O–H groups in total. The zero-order chi connectivity index (χ0) is 17.1. The van der Waals surface area contributed by atoms with Crippen LogP contribution in [0.3, 0.4) is 0 Å². The number of benzene rings is 1. The van der Waals surface area contributed by atoms with Crippen LogP contribution in [-0.4, -0.2) is 34.0 Å². The van der Waals surface area contributed by atoms with E-state index in [0.717, 1.165) is 31.2 Å². The molecule has 0 saturated carbocycles. The standard InChI is InChI=1S/C16H27N3O3S/c1-14-7-9-15(10-8-14)23(21,22)19-13-12-18-16(20)6-4-2-3-5-11-17/h7-10,19H,2-6,11-13,17H2,1H3,(H,18,20). The zero-order valence-corrected chi connectivity index (χ0v) is 14.5. The summed E-state index contributed by atoms with van der Waals surface area (Å²) in [5.41, 5.74) is 6.40. The lowest BCUT2D eigenvalue weighted by atomic mass is 10.1. The van der Waals surface area contributed by atoms with E-state index in [1.54, 1.807) is 24.3 Å². The quantitative estimate of drug-likeness (QED) is 0.528. The maximum absolute atomic E-state index is 12.0. The van der Waals surface area contributed by atoms with Crippen molar-refractivity contribution in [3.63, 3.8) is 0 Å². The van der Waals surface area contributed by atoms with Crippen LogP contribution in [0, 0.1) is 6.92 Å². The van der Waals surface area contributed by atoms with Crippen LogP contribution in [0.1, 0.15) is 37.7 Å². The lowest BCUT2D eigenvalue weighted by Crippen LogP contribution is -2.34. The molecule has 0 heterocycles. The largest absolute Gasteiger partial charge is 0.355 e. The van der Waals surface area contributed by atoms with Crippen molar-refractivity contribution in [1.29, 1.82) is 0 Å². The summed E-state index contributed by atoms with van der Waals surface area (Å²) < 4.78 is 26.5. The van der Waals surface area contributed by atoms with Crippen LogP contribution in [-0.2, 0) is 14.8 Å². The van der Waals surface area contributed by atoms with Gasteiger partial charge in [0, 0.05) is 19.5 Å². The third-order valence-corrected chi connectivity index (χ3v) is 4.91. The Labute approximate surface area is 138 Å². The first kappa shape index (κ1) is 19.6. The maximum atomic E-state index is 12.0. The predicted octanol–water partition coefficient (Wildman–Crippen LogP) is 1.30. The number of carbonyl (C=O) groups excluding carboxylic acids is 1. The molecule has 0 bridgehead atoms. The molecule has 1 rings (SSSR count). The minimum atomic E-state index is -3.52. The number of rotatable bonds is 11. The monoisotopic (exact) mass is 341 g/mol. The molecule has 1 aromatic carbocycles. The lowest BCUT2D eigenvalue weighted by Gasteiger charge is -2.08. The van der Waals surface area contributed by atoms with Crippen LogP contribution in [0.4, 0.5) is 0 Å². The van der Waals surface area contributed by atoms with Gasteiger partial charge in [0.25, 0.3) is 0 Å². The van der Waals surface area contributed by atoms with Crippen LogP contribution in [0.5, 0.6) is 0 Å². The molecular formula is C16H27N3O3S.